The van der Waals surface area contributed by atoms with Gasteiger partial charge in [-0.05, 0) is 54.1 Å². The van der Waals surface area contributed by atoms with Gasteiger partial charge >= 0.3 is 18.3 Å². The smallest absolute Gasteiger partial charge is 0.371 e. The van der Waals surface area contributed by atoms with E-state index < -0.39 is 42.4 Å². The highest BCUT2D eigenvalue weighted by Crippen LogP contribution is 2.42. The number of nitrogens with one attached hydrogen (secondary N) is 3. The van der Waals surface area contributed by atoms with Crippen molar-refractivity contribution in [2.45, 2.75) is 18.3 Å². The lowest BCUT2D eigenvalue weighted by Crippen LogP contribution is -2.53. The molecule has 0 aliphatic rings. The van der Waals surface area contributed by atoms with Crippen LogP contribution in [0.3, 0.4) is 0 Å². The van der Waals surface area contributed by atoms with Gasteiger partial charge in [-0.3, -0.25) is 9.59 Å². The summed E-state index contributed by atoms with van der Waals surface area (Å²) in [4.78, 5) is 28.7. The van der Waals surface area contributed by atoms with E-state index in [2.05, 4.69) is 10.3 Å². The van der Waals surface area contributed by atoms with Gasteiger partial charge in [0.05, 0.1) is 17.6 Å². The summed E-state index contributed by atoms with van der Waals surface area (Å²) < 4.78 is 98.5. The van der Waals surface area contributed by atoms with E-state index in [0.29, 0.717) is 38.6 Å². The van der Waals surface area contributed by atoms with Crippen molar-refractivity contribution in [3.63, 3.8) is 0 Å². The van der Waals surface area contributed by atoms with Crippen LogP contribution in [0, 0.1) is 5.82 Å². The number of H-pyrrole nitrogens is 1. The molecule has 0 unspecified atom stereocenters. The van der Waals surface area contributed by atoms with E-state index in [4.69, 9.17) is 4.42 Å². The molecule has 3 aromatic carbocycles. The van der Waals surface area contributed by atoms with Crippen molar-refractivity contribution in [3.8, 4) is 22.5 Å². The summed E-state index contributed by atoms with van der Waals surface area (Å²) in [6.07, 6.45) is -3.02. The number of fused-ring (bicyclic) bond motifs is 3. The summed E-state index contributed by atoms with van der Waals surface area (Å²) in [5.41, 5.74) is 2.06. The van der Waals surface area contributed by atoms with Crippen LogP contribution in [-0.2, 0) is 0 Å². The van der Waals surface area contributed by atoms with Crippen LogP contribution in [0.2, 0.25) is 0 Å². The Labute approximate surface area is 232 Å². The molecular weight excluding hydrogens is 571 g/mol. The number of carbonyl (C=O) groups excluding carboxylic acids is 2. The van der Waals surface area contributed by atoms with Crippen LogP contribution in [0.15, 0.2) is 71.3 Å². The zero-order valence-electron chi connectivity index (χ0n) is 21.5. The van der Waals surface area contributed by atoms with E-state index in [-0.39, 0.29) is 16.9 Å². The molecule has 5 rings (SSSR count). The number of amides is 2. The number of halogens is 7. The molecule has 2 aromatic heterocycles. The Morgan fingerprint density at radius 3 is 2.31 bits per heavy atom. The Kier molecular flexibility index (Phi) is 7.21. The fraction of sp³-hybridized carbons (Fsp3) is 0.172. The first-order chi connectivity index (χ1) is 19.9. The molecule has 218 valence electrons. The van der Waals surface area contributed by atoms with Crippen LogP contribution in [0.4, 0.5) is 30.7 Å². The van der Waals surface area contributed by atoms with Crippen molar-refractivity contribution in [2.24, 2.45) is 0 Å². The predicted molar refractivity (Wildman–Crippen MR) is 141 cm³/mol. The number of aromatic nitrogens is 1. The normalized spacial score (nSPS) is 12.3. The molecule has 0 radical (unpaired) electrons. The quantitative estimate of drug-likeness (QED) is 0.170. The lowest BCUT2D eigenvalue weighted by atomic mass is 9.96. The van der Waals surface area contributed by atoms with Gasteiger partial charge in [0.1, 0.15) is 17.2 Å². The molecule has 0 bridgehead atoms. The highest BCUT2D eigenvalue weighted by Gasteiger charge is 2.62. The second kappa shape index (κ2) is 10.5. The highest BCUT2D eigenvalue weighted by atomic mass is 19.3. The molecule has 42 heavy (non-hydrogen) atoms. The summed E-state index contributed by atoms with van der Waals surface area (Å²) in [6.45, 7) is -2.02. The Balaban J connectivity index is 1.58. The fourth-order valence-electron chi connectivity index (χ4n) is 4.56. The molecule has 0 saturated heterocycles. The van der Waals surface area contributed by atoms with Gasteiger partial charge in [-0.2, -0.15) is 17.6 Å². The molecule has 6 nitrogen and oxygen atoms in total. The number of hydrogen-bond acceptors (Lipinski definition) is 3. The van der Waals surface area contributed by atoms with E-state index in [1.165, 1.54) is 49.5 Å². The van der Waals surface area contributed by atoms with Crippen LogP contribution in [0.1, 0.15) is 20.7 Å². The average molecular weight is 591 g/mol. The first kappa shape index (κ1) is 28.7. The van der Waals surface area contributed by atoms with Crippen molar-refractivity contribution >= 4 is 33.7 Å². The van der Waals surface area contributed by atoms with E-state index >= 15 is 0 Å². The van der Waals surface area contributed by atoms with Gasteiger partial charge in [-0.25, -0.2) is 13.2 Å². The van der Waals surface area contributed by atoms with Gasteiger partial charge in [-0.15, -0.1) is 0 Å². The van der Waals surface area contributed by atoms with E-state index in [1.807, 2.05) is 0 Å². The number of aromatic amines is 1. The molecule has 3 N–H and O–H groups in total. The summed E-state index contributed by atoms with van der Waals surface area (Å²) in [5, 5.41) is 5.07. The van der Waals surface area contributed by atoms with Gasteiger partial charge in [0.2, 0.25) is 0 Å². The number of benzene rings is 3. The Morgan fingerprint density at radius 1 is 0.929 bits per heavy atom. The molecule has 0 fully saturated rings. The summed E-state index contributed by atoms with van der Waals surface area (Å²) >= 11 is 0. The Morgan fingerprint density at radius 2 is 1.64 bits per heavy atom. The minimum atomic E-state index is -5.64. The molecule has 0 atom stereocenters. The molecule has 0 spiro atoms. The number of hydrogen-bond donors (Lipinski definition) is 3. The standard InChI is InChI=1S/C29H20F7N3O3/c1-37-26(41)21-20-12-19(22-18(9-10-38-22)24(20)42-23(21)14-5-7-17(30)8-6-14)15-3-2-4-16(11-15)25(40)39-13-28(33,34)29(35,36)27(31)32/h2-12,27,38H,13H2,1H3,(H,37,41)(H,39,40). The number of carbonyl (C=O) groups is 2. The second-order valence-corrected chi connectivity index (χ2v) is 9.35. The maximum atomic E-state index is 13.7. The molecule has 2 amide bonds. The van der Waals surface area contributed by atoms with Gasteiger partial charge in [0.15, 0.2) is 0 Å². The molecule has 0 saturated carbocycles. The molecule has 5 aromatic rings. The van der Waals surface area contributed by atoms with Gasteiger partial charge < -0.3 is 20.0 Å². The monoisotopic (exact) mass is 591 g/mol. The first-order valence-electron chi connectivity index (χ1n) is 12.3. The molecule has 0 aliphatic heterocycles. The van der Waals surface area contributed by atoms with Crippen LogP contribution < -0.4 is 10.6 Å². The summed E-state index contributed by atoms with van der Waals surface area (Å²) in [5.74, 6) is -12.8. The number of rotatable bonds is 8. The Bertz CT molecular complexity index is 1810. The third-order valence-corrected chi connectivity index (χ3v) is 6.72. The van der Waals surface area contributed by atoms with Crippen molar-refractivity contribution in [3.05, 3.63) is 83.8 Å². The van der Waals surface area contributed by atoms with Crippen LogP contribution in [0.5, 0.6) is 0 Å². The van der Waals surface area contributed by atoms with Gasteiger partial charge in [0, 0.05) is 40.7 Å². The van der Waals surface area contributed by atoms with E-state index in [0.717, 1.165) is 0 Å². The third kappa shape index (κ3) is 4.84. The zero-order valence-corrected chi connectivity index (χ0v) is 21.5. The maximum absolute atomic E-state index is 13.7. The zero-order chi connectivity index (χ0) is 30.4. The minimum Gasteiger partial charge on any atom is -0.454 e. The van der Waals surface area contributed by atoms with Crippen LogP contribution >= 0.6 is 0 Å². The van der Waals surface area contributed by atoms with Crippen LogP contribution in [0.25, 0.3) is 44.3 Å². The lowest BCUT2D eigenvalue weighted by molar-refractivity contribution is -0.260. The van der Waals surface area contributed by atoms with E-state index in [1.54, 1.807) is 29.7 Å². The first-order valence-corrected chi connectivity index (χ1v) is 12.3. The molecule has 13 heteroatoms. The second-order valence-electron chi connectivity index (χ2n) is 9.35. The summed E-state index contributed by atoms with van der Waals surface area (Å²) in [7, 11) is 1.42. The summed E-state index contributed by atoms with van der Waals surface area (Å²) in [6, 6.07) is 14.2. The third-order valence-electron chi connectivity index (χ3n) is 6.72. The highest BCUT2D eigenvalue weighted by molar-refractivity contribution is 6.19. The van der Waals surface area contributed by atoms with Crippen LogP contribution in [-0.4, -0.2) is 48.7 Å². The van der Waals surface area contributed by atoms with Gasteiger partial charge in [0.25, 0.3) is 11.8 Å². The predicted octanol–water partition coefficient (Wildman–Crippen LogP) is 7.01. The molecule has 0 aliphatic carbocycles. The van der Waals surface area contributed by atoms with Crippen molar-refractivity contribution in [2.75, 3.05) is 13.6 Å². The molecule has 2 heterocycles. The largest absolute Gasteiger partial charge is 0.454 e. The van der Waals surface area contributed by atoms with E-state index in [9.17, 15) is 40.3 Å². The van der Waals surface area contributed by atoms with Crippen molar-refractivity contribution in [1.29, 1.82) is 0 Å². The Hall–Kier alpha value is -4.81. The minimum absolute atomic E-state index is 0.152. The van der Waals surface area contributed by atoms with Gasteiger partial charge in [-0.1, -0.05) is 12.1 Å². The van der Waals surface area contributed by atoms with Crippen molar-refractivity contribution < 1.29 is 44.7 Å². The lowest BCUT2D eigenvalue weighted by Gasteiger charge is -2.25. The maximum Gasteiger partial charge on any atom is 0.371 e. The molecular formula is C29H20F7N3O3. The number of alkyl halides is 6. The number of furan rings is 1. The average Bonchev–Trinajstić information content (AvgIpc) is 3.60. The fourth-order valence-corrected chi connectivity index (χ4v) is 4.56. The topological polar surface area (TPSA) is 87.1 Å². The van der Waals surface area contributed by atoms with Crippen molar-refractivity contribution in [1.82, 2.24) is 15.6 Å². The SMILES string of the molecule is CNC(=O)c1c(-c2ccc(F)cc2)oc2c1cc(-c1cccc(C(=O)NCC(F)(F)C(F)(F)C(F)F)c1)c1[nH]ccc12.